The maximum atomic E-state index is 6.05. The van der Waals surface area contributed by atoms with Crippen molar-refractivity contribution in [3.05, 3.63) is 106 Å². The van der Waals surface area contributed by atoms with Gasteiger partial charge in [-0.15, -0.1) is 24.8 Å². The molecule has 0 atom stereocenters. The van der Waals surface area contributed by atoms with Crippen molar-refractivity contribution >= 4 is 77.0 Å². The second-order valence-electron chi connectivity index (χ2n) is 7.86. The van der Waals surface area contributed by atoms with Crippen LogP contribution in [0, 0.1) is 0 Å². The van der Waals surface area contributed by atoms with Crippen molar-refractivity contribution in [3.63, 3.8) is 0 Å². The number of fused-ring (bicyclic) bond motifs is 1. The highest BCUT2D eigenvalue weighted by atomic mass is 35.5. The van der Waals surface area contributed by atoms with Gasteiger partial charge in [0.05, 0.1) is 12.3 Å². The molecule has 0 radical (unpaired) electrons. The molecule has 4 aromatic rings. The van der Waals surface area contributed by atoms with Crippen molar-refractivity contribution in [2.45, 2.75) is 9.79 Å². The zero-order chi connectivity index (χ0) is 22.6. The molecular formula is C28H25Cl3N2S2. The fourth-order valence-electron chi connectivity index (χ4n) is 3.85. The Labute approximate surface area is 232 Å². The van der Waals surface area contributed by atoms with Crippen LogP contribution < -0.4 is 4.90 Å². The van der Waals surface area contributed by atoms with E-state index in [9.17, 15) is 0 Å². The van der Waals surface area contributed by atoms with Gasteiger partial charge >= 0.3 is 0 Å². The van der Waals surface area contributed by atoms with E-state index in [1.165, 1.54) is 37.7 Å². The number of likely N-dealkylation sites (N-methyl/N-ethyl adjacent to an activating group) is 1. The Morgan fingerprint density at radius 2 is 1.74 bits per heavy atom. The van der Waals surface area contributed by atoms with Gasteiger partial charge in [0.15, 0.2) is 0 Å². The first-order chi connectivity index (χ1) is 16.2. The van der Waals surface area contributed by atoms with Crippen LogP contribution in [-0.4, -0.2) is 25.8 Å². The summed E-state index contributed by atoms with van der Waals surface area (Å²) in [5, 5.41) is 5.08. The Hall–Kier alpha value is -2.21. The minimum absolute atomic E-state index is 0. The second-order valence-corrected chi connectivity index (χ2v) is 10.2. The molecule has 0 spiro atoms. The minimum atomic E-state index is 0. The summed E-state index contributed by atoms with van der Waals surface area (Å²) < 4.78 is 0. The summed E-state index contributed by atoms with van der Waals surface area (Å²) in [6.07, 6.45) is 4.34. The summed E-state index contributed by atoms with van der Waals surface area (Å²) in [5.74, 6) is 0. The fourth-order valence-corrected chi connectivity index (χ4v) is 5.57. The van der Waals surface area contributed by atoms with E-state index in [0.717, 1.165) is 23.8 Å². The number of nitrogens with zero attached hydrogens (tertiary/aromatic N) is 2. The third-order valence-electron chi connectivity index (χ3n) is 5.64. The highest BCUT2D eigenvalue weighted by Crippen LogP contribution is 2.33. The Kier molecular flexibility index (Phi) is 9.90. The van der Waals surface area contributed by atoms with Crippen LogP contribution in [-0.2, 0) is 0 Å². The van der Waals surface area contributed by atoms with Gasteiger partial charge < -0.3 is 4.90 Å². The van der Waals surface area contributed by atoms with Gasteiger partial charge in [0.1, 0.15) is 0 Å². The molecule has 0 aliphatic carbocycles. The summed E-state index contributed by atoms with van der Waals surface area (Å²) in [5.41, 5.74) is 7.11. The maximum Gasteiger partial charge on any atom is 0.0668 e. The highest BCUT2D eigenvalue weighted by molar-refractivity contribution is 7.99. The Bertz CT molecular complexity index is 1320. The molecule has 3 aromatic carbocycles. The predicted octanol–water partition coefficient (Wildman–Crippen LogP) is 9.02. The third-order valence-corrected chi connectivity index (χ3v) is 7.67. The molecule has 0 saturated carbocycles. The van der Waals surface area contributed by atoms with Crippen LogP contribution in [0.3, 0.4) is 0 Å². The van der Waals surface area contributed by atoms with E-state index < -0.39 is 0 Å². The first-order valence-corrected chi connectivity index (χ1v) is 12.9. The molecule has 180 valence electrons. The zero-order valence-corrected chi connectivity index (χ0v) is 23.1. The van der Waals surface area contributed by atoms with E-state index in [1.54, 1.807) is 23.1 Å². The van der Waals surface area contributed by atoms with Gasteiger partial charge in [0, 0.05) is 39.7 Å². The smallest absolute Gasteiger partial charge is 0.0668 e. The molecule has 0 saturated heterocycles. The number of thiophene rings is 1. The van der Waals surface area contributed by atoms with Crippen LogP contribution in [0.4, 0.5) is 5.69 Å². The molecule has 7 heteroatoms. The quantitative estimate of drug-likeness (QED) is 0.242. The van der Waals surface area contributed by atoms with Gasteiger partial charge in [-0.3, -0.25) is 4.99 Å². The minimum Gasteiger partial charge on any atom is -0.372 e. The van der Waals surface area contributed by atoms with E-state index in [1.807, 2.05) is 12.1 Å². The second kappa shape index (κ2) is 12.7. The Balaban J connectivity index is 0.00000171. The number of aliphatic imine (C=N–C) groups is 1. The van der Waals surface area contributed by atoms with Crippen LogP contribution in [0.15, 0.2) is 104 Å². The first-order valence-electron chi connectivity index (χ1n) is 10.8. The van der Waals surface area contributed by atoms with Crippen molar-refractivity contribution in [2.24, 2.45) is 4.99 Å². The Morgan fingerprint density at radius 1 is 0.943 bits per heavy atom. The van der Waals surface area contributed by atoms with Gasteiger partial charge in [-0.25, -0.2) is 0 Å². The number of benzene rings is 3. The lowest BCUT2D eigenvalue weighted by Gasteiger charge is -2.20. The lowest BCUT2D eigenvalue weighted by atomic mass is 10.0. The molecular weight excluding hydrogens is 535 g/mol. The van der Waals surface area contributed by atoms with Crippen LogP contribution >= 0.6 is 59.5 Å². The number of allylic oxidation sites excluding steroid dienone is 1. The molecule has 1 aliphatic heterocycles. The number of hydrogen-bond acceptors (Lipinski definition) is 4. The molecule has 5 rings (SSSR count). The van der Waals surface area contributed by atoms with E-state index in [2.05, 4.69) is 95.5 Å². The molecule has 0 amide bonds. The average molecular weight is 560 g/mol. The SMILES string of the molecule is CN1CCN=C(/C=C/c2ccccc2Sc2ccc(Cl)cc2)c2ccc(-c3ccsc3)cc21.Cl.Cl. The molecule has 0 fully saturated rings. The average Bonchev–Trinajstić information content (AvgIpc) is 3.33. The highest BCUT2D eigenvalue weighted by Gasteiger charge is 2.16. The predicted molar refractivity (Wildman–Crippen MR) is 160 cm³/mol. The normalized spacial score (nSPS) is 12.9. The first kappa shape index (κ1) is 27.4. The lowest BCUT2D eigenvalue weighted by Crippen LogP contribution is -2.20. The monoisotopic (exact) mass is 558 g/mol. The van der Waals surface area contributed by atoms with Crippen molar-refractivity contribution < 1.29 is 0 Å². The van der Waals surface area contributed by atoms with Crippen molar-refractivity contribution in [2.75, 3.05) is 25.0 Å². The third kappa shape index (κ3) is 6.52. The van der Waals surface area contributed by atoms with Crippen molar-refractivity contribution in [1.82, 2.24) is 0 Å². The molecule has 2 heterocycles. The topological polar surface area (TPSA) is 15.6 Å². The van der Waals surface area contributed by atoms with Crippen molar-refractivity contribution in [3.8, 4) is 11.1 Å². The fraction of sp³-hybridized carbons (Fsp3) is 0.107. The molecule has 1 aliphatic rings. The number of anilines is 1. The maximum absolute atomic E-state index is 6.05. The van der Waals surface area contributed by atoms with Gasteiger partial charge in [0.2, 0.25) is 0 Å². The molecule has 0 unspecified atom stereocenters. The van der Waals surface area contributed by atoms with Crippen LogP contribution in [0.2, 0.25) is 5.02 Å². The van der Waals surface area contributed by atoms with Gasteiger partial charge in [0.25, 0.3) is 0 Å². The molecule has 2 nitrogen and oxygen atoms in total. The molecule has 0 bridgehead atoms. The van der Waals surface area contributed by atoms with Gasteiger partial charge in [-0.2, -0.15) is 11.3 Å². The van der Waals surface area contributed by atoms with Crippen LogP contribution in [0.25, 0.3) is 17.2 Å². The van der Waals surface area contributed by atoms with Gasteiger partial charge in [-0.05, 0) is 76.0 Å². The summed E-state index contributed by atoms with van der Waals surface area (Å²) in [4.78, 5) is 9.59. The summed E-state index contributed by atoms with van der Waals surface area (Å²) >= 11 is 9.52. The van der Waals surface area contributed by atoms with E-state index in [4.69, 9.17) is 16.6 Å². The van der Waals surface area contributed by atoms with Crippen LogP contribution in [0.5, 0.6) is 0 Å². The summed E-state index contributed by atoms with van der Waals surface area (Å²) in [7, 11) is 2.15. The van der Waals surface area contributed by atoms with Crippen LogP contribution in [0.1, 0.15) is 11.1 Å². The number of halogens is 3. The summed E-state index contributed by atoms with van der Waals surface area (Å²) in [6, 6.07) is 25.3. The number of rotatable bonds is 5. The van der Waals surface area contributed by atoms with Crippen molar-refractivity contribution in [1.29, 1.82) is 0 Å². The zero-order valence-electron chi connectivity index (χ0n) is 19.1. The molecule has 1 aromatic heterocycles. The molecule has 35 heavy (non-hydrogen) atoms. The van der Waals surface area contributed by atoms with E-state index >= 15 is 0 Å². The van der Waals surface area contributed by atoms with Gasteiger partial charge in [-0.1, -0.05) is 59.8 Å². The Morgan fingerprint density at radius 3 is 2.51 bits per heavy atom. The number of hydrogen-bond donors (Lipinski definition) is 0. The molecule has 0 N–H and O–H groups in total. The summed E-state index contributed by atoms with van der Waals surface area (Å²) in [6.45, 7) is 1.68. The van der Waals surface area contributed by atoms with E-state index in [0.29, 0.717) is 0 Å². The standard InChI is InChI=1S/C28H23ClN2S2.2ClH/c1-31-16-15-30-26(25-12-6-21(18-27(25)31)22-14-17-32-19-22)13-7-20-4-2-3-5-28(20)33-24-10-8-23(29)9-11-24;;/h2-14,17-19H,15-16H2,1H3;2*1H/b13-7+;;. The lowest BCUT2D eigenvalue weighted by molar-refractivity contribution is 0.897. The van der Waals surface area contributed by atoms with E-state index in [-0.39, 0.29) is 24.8 Å². The largest absolute Gasteiger partial charge is 0.372 e. The number of benzodiazepines with no additional fused rings is 1.